The number of benzene rings is 1. The van der Waals surface area contributed by atoms with E-state index in [9.17, 15) is 0 Å². The average molecular weight is 326 g/mol. The van der Waals surface area contributed by atoms with Gasteiger partial charge in [-0.3, -0.25) is 0 Å². The molecule has 19 heavy (non-hydrogen) atoms. The summed E-state index contributed by atoms with van der Waals surface area (Å²) in [5.74, 6) is 1.74. The number of hydrogen-bond donors (Lipinski definition) is 1. The minimum Gasteiger partial charge on any atom is -0.496 e. The second kappa shape index (κ2) is 6.76. The Hall–Kier alpha value is -0.540. The van der Waals surface area contributed by atoms with Crippen LogP contribution in [0.4, 0.5) is 0 Å². The summed E-state index contributed by atoms with van der Waals surface area (Å²) >= 11 is 3.56. The number of rotatable bonds is 5. The molecule has 3 unspecified atom stereocenters. The van der Waals surface area contributed by atoms with E-state index < -0.39 is 0 Å². The van der Waals surface area contributed by atoms with Crippen molar-refractivity contribution >= 4 is 15.9 Å². The summed E-state index contributed by atoms with van der Waals surface area (Å²) in [7, 11) is 1.70. The fourth-order valence-electron chi connectivity index (χ4n) is 3.11. The molecule has 0 radical (unpaired) electrons. The van der Waals surface area contributed by atoms with Gasteiger partial charge in [-0.05, 0) is 59.3 Å². The van der Waals surface area contributed by atoms with Gasteiger partial charge in [0.2, 0.25) is 0 Å². The van der Waals surface area contributed by atoms with Gasteiger partial charge in [-0.15, -0.1) is 0 Å². The predicted molar refractivity (Wildman–Crippen MR) is 83.7 cm³/mol. The lowest BCUT2D eigenvalue weighted by Gasteiger charge is -2.25. The number of hydrogen-bond acceptors (Lipinski definition) is 2. The molecule has 0 saturated heterocycles. The van der Waals surface area contributed by atoms with Crippen LogP contribution in [0.3, 0.4) is 0 Å². The zero-order valence-corrected chi connectivity index (χ0v) is 13.7. The van der Waals surface area contributed by atoms with Crippen LogP contribution in [0.2, 0.25) is 0 Å². The van der Waals surface area contributed by atoms with Gasteiger partial charge in [-0.1, -0.05) is 25.8 Å². The van der Waals surface area contributed by atoms with Crippen molar-refractivity contribution in [3.63, 3.8) is 0 Å². The Balaban J connectivity index is 2.03. The fourth-order valence-corrected chi connectivity index (χ4v) is 3.67. The molecule has 1 aromatic rings. The fraction of sp³-hybridized carbons (Fsp3) is 0.625. The van der Waals surface area contributed by atoms with Crippen LogP contribution in [0.25, 0.3) is 0 Å². The van der Waals surface area contributed by atoms with Gasteiger partial charge >= 0.3 is 0 Å². The van der Waals surface area contributed by atoms with Crippen LogP contribution in [0.5, 0.6) is 5.75 Å². The maximum Gasteiger partial charge on any atom is 0.133 e. The monoisotopic (exact) mass is 325 g/mol. The van der Waals surface area contributed by atoms with E-state index >= 15 is 0 Å². The maximum absolute atomic E-state index is 5.28. The van der Waals surface area contributed by atoms with E-state index in [4.69, 9.17) is 4.74 Å². The molecule has 1 N–H and O–H groups in total. The standard InChI is InChI=1S/C16H24BrNO/c1-4-12-6-5-7-15(12)18-11(2)13-8-9-16(19-3)14(17)10-13/h8-12,15,18H,4-7H2,1-3H3. The third kappa shape index (κ3) is 3.51. The second-order valence-electron chi connectivity index (χ2n) is 5.49. The summed E-state index contributed by atoms with van der Waals surface area (Å²) in [6.07, 6.45) is 5.36. The van der Waals surface area contributed by atoms with Crippen LogP contribution < -0.4 is 10.1 Å². The molecule has 0 amide bonds. The summed E-state index contributed by atoms with van der Waals surface area (Å²) in [4.78, 5) is 0. The summed E-state index contributed by atoms with van der Waals surface area (Å²) in [6.45, 7) is 4.55. The molecule has 1 aliphatic rings. The zero-order chi connectivity index (χ0) is 13.8. The van der Waals surface area contributed by atoms with Crippen molar-refractivity contribution in [2.75, 3.05) is 7.11 Å². The molecule has 1 fully saturated rings. The first kappa shape index (κ1) is 14.9. The first-order valence-corrected chi connectivity index (χ1v) is 8.04. The molecule has 0 aromatic heterocycles. The van der Waals surface area contributed by atoms with Crippen LogP contribution in [-0.4, -0.2) is 13.2 Å². The van der Waals surface area contributed by atoms with Crippen molar-refractivity contribution in [1.29, 1.82) is 0 Å². The van der Waals surface area contributed by atoms with Gasteiger partial charge in [0.25, 0.3) is 0 Å². The van der Waals surface area contributed by atoms with Gasteiger partial charge in [-0.25, -0.2) is 0 Å². The maximum atomic E-state index is 5.28. The minimum absolute atomic E-state index is 0.388. The van der Waals surface area contributed by atoms with E-state index in [2.05, 4.69) is 47.2 Å². The molecule has 0 bridgehead atoms. The quantitative estimate of drug-likeness (QED) is 0.848. The molecule has 0 spiro atoms. The molecular formula is C16H24BrNO. The number of nitrogens with one attached hydrogen (secondary N) is 1. The van der Waals surface area contributed by atoms with Gasteiger partial charge in [0.15, 0.2) is 0 Å². The highest BCUT2D eigenvalue weighted by Gasteiger charge is 2.26. The van der Waals surface area contributed by atoms with Crippen LogP contribution in [0.15, 0.2) is 22.7 Å². The van der Waals surface area contributed by atoms with Crippen LogP contribution >= 0.6 is 15.9 Å². The van der Waals surface area contributed by atoms with Gasteiger partial charge < -0.3 is 10.1 Å². The van der Waals surface area contributed by atoms with E-state index in [-0.39, 0.29) is 0 Å². The lowest BCUT2D eigenvalue weighted by atomic mass is 9.98. The largest absolute Gasteiger partial charge is 0.496 e. The molecule has 3 atom stereocenters. The van der Waals surface area contributed by atoms with Gasteiger partial charge in [0.1, 0.15) is 5.75 Å². The number of methoxy groups -OCH3 is 1. The van der Waals surface area contributed by atoms with Crippen molar-refractivity contribution < 1.29 is 4.74 Å². The van der Waals surface area contributed by atoms with Crippen molar-refractivity contribution in [2.24, 2.45) is 5.92 Å². The summed E-state index contributed by atoms with van der Waals surface area (Å²) < 4.78 is 6.31. The van der Waals surface area contributed by atoms with Crippen molar-refractivity contribution in [3.8, 4) is 5.75 Å². The molecule has 1 aliphatic carbocycles. The lowest BCUT2D eigenvalue weighted by molar-refractivity contribution is 0.360. The predicted octanol–water partition coefficient (Wildman–Crippen LogP) is 4.69. The second-order valence-corrected chi connectivity index (χ2v) is 6.34. The van der Waals surface area contributed by atoms with Crippen molar-refractivity contribution in [3.05, 3.63) is 28.2 Å². The topological polar surface area (TPSA) is 21.3 Å². The Kier molecular flexibility index (Phi) is 5.28. The highest BCUT2D eigenvalue weighted by Crippen LogP contribution is 2.32. The molecule has 0 heterocycles. The Morgan fingerprint density at radius 2 is 2.21 bits per heavy atom. The molecule has 1 saturated carbocycles. The molecule has 2 rings (SSSR count). The zero-order valence-electron chi connectivity index (χ0n) is 12.1. The summed E-state index contributed by atoms with van der Waals surface area (Å²) in [5.41, 5.74) is 1.31. The van der Waals surface area contributed by atoms with E-state index in [1.807, 2.05) is 6.07 Å². The first-order chi connectivity index (χ1) is 9.15. The van der Waals surface area contributed by atoms with Crippen molar-refractivity contribution in [2.45, 2.75) is 51.6 Å². The Morgan fingerprint density at radius 1 is 1.42 bits per heavy atom. The van der Waals surface area contributed by atoms with E-state index in [0.717, 1.165) is 16.1 Å². The highest BCUT2D eigenvalue weighted by atomic mass is 79.9. The van der Waals surface area contributed by atoms with Crippen LogP contribution in [-0.2, 0) is 0 Å². The van der Waals surface area contributed by atoms with Gasteiger partial charge in [0.05, 0.1) is 11.6 Å². The number of ether oxygens (including phenoxy) is 1. The molecule has 2 nitrogen and oxygen atoms in total. The van der Waals surface area contributed by atoms with E-state index in [0.29, 0.717) is 12.1 Å². The Bertz CT molecular complexity index is 421. The van der Waals surface area contributed by atoms with Crippen molar-refractivity contribution in [1.82, 2.24) is 5.32 Å². The van der Waals surface area contributed by atoms with Gasteiger partial charge in [0, 0.05) is 12.1 Å². The Morgan fingerprint density at radius 3 is 2.84 bits per heavy atom. The molecule has 1 aromatic carbocycles. The average Bonchev–Trinajstić information content (AvgIpc) is 2.85. The van der Waals surface area contributed by atoms with Gasteiger partial charge in [-0.2, -0.15) is 0 Å². The molecule has 3 heteroatoms. The third-order valence-corrected chi connectivity index (χ3v) is 4.94. The molecule has 0 aliphatic heterocycles. The third-order valence-electron chi connectivity index (χ3n) is 4.32. The minimum atomic E-state index is 0.388. The normalized spacial score (nSPS) is 24.4. The summed E-state index contributed by atoms with van der Waals surface area (Å²) in [5, 5.41) is 3.80. The SMILES string of the molecule is CCC1CCCC1NC(C)c1ccc(OC)c(Br)c1. The van der Waals surface area contributed by atoms with Crippen LogP contribution in [0, 0.1) is 5.92 Å². The smallest absolute Gasteiger partial charge is 0.133 e. The first-order valence-electron chi connectivity index (χ1n) is 7.25. The van der Waals surface area contributed by atoms with E-state index in [1.165, 1.54) is 31.2 Å². The number of halogens is 1. The Labute approximate surface area is 125 Å². The van der Waals surface area contributed by atoms with E-state index in [1.54, 1.807) is 7.11 Å². The van der Waals surface area contributed by atoms with Crippen LogP contribution in [0.1, 0.15) is 51.1 Å². The molecule has 106 valence electrons. The highest BCUT2D eigenvalue weighted by molar-refractivity contribution is 9.10. The lowest BCUT2D eigenvalue weighted by Crippen LogP contribution is -2.34. The summed E-state index contributed by atoms with van der Waals surface area (Å²) in [6, 6.07) is 7.41. The molecular weight excluding hydrogens is 302 g/mol.